The first-order chi connectivity index (χ1) is 11.2. The van der Waals surface area contributed by atoms with Gasteiger partial charge in [0.05, 0.1) is 17.9 Å². The third kappa shape index (κ3) is 5.58. The fraction of sp³-hybridized carbons (Fsp3) is 0.294. The van der Waals surface area contributed by atoms with Crippen LogP contribution in [0, 0.1) is 5.82 Å². The minimum Gasteiger partial charge on any atom is -0.372 e. The molecule has 6 heteroatoms. The quantitative estimate of drug-likeness (QED) is 0.772. The molecule has 0 spiro atoms. The van der Waals surface area contributed by atoms with Crippen LogP contribution < -0.4 is 15.5 Å². The van der Waals surface area contributed by atoms with Crippen molar-refractivity contribution in [2.45, 2.75) is 13.0 Å². The summed E-state index contributed by atoms with van der Waals surface area (Å²) in [5.41, 5.74) is 1.37. The van der Waals surface area contributed by atoms with Crippen LogP contribution >= 0.6 is 0 Å². The minimum absolute atomic E-state index is 0.232. The molecule has 23 heavy (non-hydrogen) atoms. The van der Waals surface area contributed by atoms with E-state index in [0.29, 0.717) is 25.3 Å². The summed E-state index contributed by atoms with van der Waals surface area (Å²) in [6.45, 7) is 1.57. The molecule has 122 valence electrons. The Morgan fingerprint density at radius 2 is 1.96 bits per heavy atom. The van der Waals surface area contributed by atoms with Crippen LogP contribution in [0.4, 0.5) is 14.9 Å². The van der Waals surface area contributed by atoms with Crippen molar-refractivity contribution in [3.05, 3.63) is 60.2 Å². The third-order valence-electron chi connectivity index (χ3n) is 3.38. The maximum Gasteiger partial charge on any atom is 0.315 e. The summed E-state index contributed by atoms with van der Waals surface area (Å²) in [5.74, 6) is -0.240. The molecule has 1 heterocycles. The van der Waals surface area contributed by atoms with E-state index in [0.717, 1.165) is 12.1 Å². The molecular formula is C17H21FN4O. The highest BCUT2D eigenvalue weighted by Crippen LogP contribution is 2.16. The first-order valence-corrected chi connectivity index (χ1v) is 7.54. The van der Waals surface area contributed by atoms with Gasteiger partial charge in [0, 0.05) is 26.3 Å². The number of hydrogen-bond donors (Lipinski definition) is 2. The Hall–Kier alpha value is -2.63. The number of hydrogen-bond acceptors (Lipinski definition) is 3. The van der Waals surface area contributed by atoms with E-state index in [1.165, 1.54) is 6.07 Å². The predicted molar refractivity (Wildman–Crippen MR) is 88.8 cm³/mol. The normalized spacial score (nSPS) is 10.2. The summed E-state index contributed by atoms with van der Waals surface area (Å²) in [4.78, 5) is 17.6. The summed E-state index contributed by atoms with van der Waals surface area (Å²) in [6, 6.07) is 12.0. The van der Waals surface area contributed by atoms with Crippen LogP contribution in [-0.4, -0.2) is 31.2 Å². The Kier molecular flexibility index (Phi) is 6.35. The van der Waals surface area contributed by atoms with Crippen molar-refractivity contribution < 1.29 is 9.18 Å². The number of carbonyl (C=O) groups excluding carboxylic acids is 1. The van der Waals surface area contributed by atoms with Gasteiger partial charge in [-0.3, -0.25) is 4.98 Å². The second-order valence-corrected chi connectivity index (χ2v) is 5.16. The zero-order valence-electron chi connectivity index (χ0n) is 13.1. The SMILES string of the molecule is CN(CCCNC(=O)NCc1ccccn1)c1ccccc1F. The average Bonchev–Trinajstić information content (AvgIpc) is 2.58. The first-order valence-electron chi connectivity index (χ1n) is 7.54. The number of amides is 2. The lowest BCUT2D eigenvalue weighted by Crippen LogP contribution is -2.36. The molecule has 2 N–H and O–H groups in total. The van der Waals surface area contributed by atoms with Gasteiger partial charge in [-0.1, -0.05) is 18.2 Å². The summed E-state index contributed by atoms with van der Waals surface area (Å²) in [5, 5.41) is 5.52. The zero-order valence-corrected chi connectivity index (χ0v) is 13.1. The predicted octanol–water partition coefficient (Wildman–Crippen LogP) is 2.55. The second-order valence-electron chi connectivity index (χ2n) is 5.16. The molecule has 0 atom stereocenters. The van der Waals surface area contributed by atoms with Gasteiger partial charge in [-0.25, -0.2) is 9.18 Å². The molecule has 2 aromatic rings. The average molecular weight is 316 g/mol. The van der Waals surface area contributed by atoms with Crippen molar-refractivity contribution in [1.82, 2.24) is 15.6 Å². The van der Waals surface area contributed by atoms with Crippen molar-refractivity contribution in [2.75, 3.05) is 25.0 Å². The smallest absolute Gasteiger partial charge is 0.315 e. The molecular weight excluding hydrogens is 295 g/mol. The molecule has 0 radical (unpaired) electrons. The van der Waals surface area contributed by atoms with Gasteiger partial charge in [0.15, 0.2) is 0 Å². The highest BCUT2D eigenvalue weighted by molar-refractivity contribution is 5.73. The number of para-hydroxylation sites is 1. The van der Waals surface area contributed by atoms with Crippen LogP contribution in [0.15, 0.2) is 48.7 Å². The van der Waals surface area contributed by atoms with Crippen molar-refractivity contribution in [1.29, 1.82) is 0 Å². The van der Waals surface area contributed by atoms with Gasteiger partial charge in [-0.2, -0.15) is 0 Å². The number of nitrogens with zero attached hydrogens (tertiary/aromatic N) is 2. The molecule has 5 nitrogen and oxygen atoms in total. The fourth-order valence-electron chi connectivity index (χ4n) is 2.14. The number of benzene rings is 1. The molecule has 0 saturated carbocycles. The molecule has 2 amide bonds. The third-order valence-corrected chi connectivity index (χ3v) is 3.38. The van der Waals surface area contributed by atoms with Crippen molar-refractivity contribution in [2.24, 2.45) is 0 Å². The molecule has 0 unspecified atom stereocenters. The number of anilines is 1. The summed E-state index contributed by atoms with van der Waals surface area (Å²) in [6.07, 6.45) is 2.41. The molecule has 1 aromatic carbocycles. The largest absolute Gasteiger partial charge is 0.372 e. The van der Waals surface area contributed by atoms with Gasteiger partial charge in [0.2, 0.25) is 0 Å². The lowest BCUT2D eigenvalue weighted by atomic mass is 10.2. The second kappa shape index (κ2) is 8.73. The van der Waals surface area contributed by atoms with Gasteiger partial charge in [0.25, 0.3) is 0 Å². The van der Waals surface area contributed by atoms with Gasteiger partial charge < -0.3 is 15.5 Å². The highest BCUT2D eigenvalue weighted by Gasteiger charge is 2.06. The van der Waals surface area contributed by atoms with E-state index in [9.17, 15) is 9.18 Å². The number of nitrogens with one attached hydrogen (secondary N) is 2. The number of rotatable bonds is 7. The van der Waals surface area contributed by atoms with Crippen LogP contribution in [0.1, 0.15) is 12.1 Å². The van der Waals surface area contributed by atoms with Gasteiger partial charge >= 0.3 is 6.03 Å². The van der Waals surface area contributed by atoms with E-state index < -0.39 is 0 Å². The molecule has 0 bridgehead atoms. The lowest BCUT2D eigenvalue weighted by Gasteiger charge is -2.19. The topological polar surface area (TPSA) is 57.3 Å². The molecule has 2 rings (SSSR count). The number of carbonyl (C=O) groups is 1. The van der Waals surface area contributed by atoms with Crippen LogP contribution in [0.25, 0.3) is 0 Å². The highest BCUT2D eigenvalue weighted by atomic mass is 19.1. The van der Waals surface area contributed by atoms with E-state index >= 15 is 0 Å². The van der Waals surface area contributed by atoms with Crippen LogP contribution in [0.5, 0.6) is 0 Å². The number of urea groups is 1. The van der Waals surface area contributed by atoms with Crippen LogP contribution in [0.2, 0.25) is 0 Å². The number of halogens is 1. The van der Waals surface area contributed by atoms with Crippen LogP contribution in [-0.2, 0) is 6.54 Å². The van der Waals surface area contributed by atoms with Gasteiger partial charge in [-0.05, 0) is 30.7 Å². The Labute approximate surface area is 135 Å². The maximum absolute atomic E-state index is 13.6. The Morgan fingerprint density at radius 3 is 2.70 bits per heavy atom. The molecule has 0 saturated heterocycles. The van der Waals surface area contributed by atoms with E-state index in [2.05, 4.69) is 15.6 Å². The fourth-order valence-corrected chi connectivity index (χ4v) is 2.14. The molecule has 0 fully saturated rings. The van der Waals surface area contributed by atoms with Crippen molar-refractivity contribution >= 4 is 11.7 Å². The van der Waals surface area contributed by atoms with Crippen molar-refractivity contribution in [3.63, 3.8) is 0 Å². The molecule has 0 aliphatic rings. The minimum atomic E-state index is -0.240. The van der Waals surface area contributed by atoms with Crippen LogP contribution in [0.3, 0.4) is 0 Å². The van der Waals surface area contributed by atoms with E-state index in [4.69, 9.17) is 0 Å². The number of pyridine rings is 1. The van der Waals surface area contributed by atoms with E-state index in [1.54, 1.807) is 24.4 Å². The summed E-state index contributed by atoms with van der Waals surface area (Å²) in [7, 11) is 1.83. The summed E-state index contributed by atoms with van der Waals surface area (Å²) >= 11 is 0. The van der Waals surface area contributed by atoms with Gasteiger partial charge in [0.1, 0.15) is 5.82 Å². The first kappa shape index (κ1) is 16.7. The number of aromatic nitrogens is 1. The standard InChI is InChI=1S/C17H21FN4O/c1-22(16-9-3-2-8-15(16)18)12-6-11-20-17(23)21-13-14-7-4-5-10-19-14/h2-5,7-10H,6,11-13H2,1H3,(H2,20,21,23). The van der Waals surface area contributed by atoms with Gasteiger partial charge in [-0.15, -0.1) is 0 Å². The lowest BCUT2D eigenvalue weighted by molar-refractivity contribution is 0.240. The molecule has 1 aromatic heterocycles. The van der Waals surface area contributed by atoms with E-state index in [1.807, 2.05) is 30.1 Å². The molecule has 0 aliphatic carbocycles. The Balaban J connectivity index is 1.63. The van der Waals surface area contributed by atoms with E-state index in [-0.39, 0.29) is 11.8 Å². The zero-order chi connectivity index (χ0) is 16.5. The van der Waals surface area contributed by atoms with Crippen molar-refractivity contribution in [3.8, 4) is 0 Å². The molecule has 0 aliphatic heterocycles. The maximum atomic E-state index is 13.6. The monoisotopic (exact) mass is 316 g/mol. The Bertz CT molecular complexity index is 621. The Morgan fingerprint density at radius 1 is 1.17 bits per heavy atom. The summed E-state index contributed by atoms with van der Waals surface area (Å²) < 4.78 is 13.6.